The summed E-state index contributed by atoms with van der Waals surface area (Å²) in [6.07, 6.45) is -2.80. The van der Waals surface area contributed by atoms with Crippen molar-refractivity contribution in [2.45, 2.75) is 69.8 Å². The summed E-state index contributed by atoms with van der Waals surface area (Å²) in [7, 11) is 0. The molecule has 0 aromatic carbocycles. The van der Waals surface area contributed by atoms with Crippen molar-refractivity contribution in [1.29, 1.82) is 0 Å². The maximum absolute atomic E-state index is 12.6. The Balaban J connectivity index is 2.24. The van der Waals surface area contributed by atoms with Crippen LogP contribution in [0.4, 0.5) is 13.2 Å². The van der Waals surface area contributed by atoms with Gasteiger partial charge in [-0.1, -0.05) is 12.8 Å². The number of amides is 2. The molecule has 1 saturated carbocycles. The number of nitrogens with zero attached hydrogens (tertiary/aromatic N) is 1. The third kappa shape index (κ3) is 2.62. The van der Waals surface area contributed by atoms with Crippen molar-refractivity contribution >= 4 is 11.8 Å². The van der Waals surface area contributed by atoms with Gasteiger partial charge in [-0.3, -0.25) is 9.59 Å². The summed E-state index contributed by atoms with van der Waals surface area (Å²) in [6, 6.07) is -1.88. The minimum atomic E-state index is -4.35. The molecule has 7 heteroatoms. The van der Waals surface area contributed by atoms with Crippen LogP contribution in [0.3, 0.4) is 0 Å². The highest BCUT2D eigenvalue weighted by Gasteiger charge is 2.52. The van der Waals surface area contributed by atoms with Gasteiger partial charge in [0.2, 0.25) is 11.8 Å². The Bertz CT molecular complexity index is 416. The minimum Gasteiger partial charge on any atom is -0.340 e. The Hall–Kier alpha value is -1.27. The molecule has 4 nitrogen and oxygen atoms in total. The highest BCUT2D eigenvalue weighted by Crippen LogP contribution is 2.36. The number of alkyl halides is 3. The largest absolute Gasteiger partial charge is 0.391 e. The molecule has 2 rings (SSSR count). The molecule has 1 aliphatic carbocycles. The minimum absolute atomic E-state index is 0.361. The average molecular weight is 292 g/mol. The Morgan fingerprint density at radius 1 is 1.35 bits per heavy atom. The molecule has 0 bridgehead atoms. The highest BCUT2D eigenvalue weighted by molar-refractivity contribution is 6.00. The van der Waals surface area contributed by atoms with E-state index in [1.54, 1.807) is 0 Å². The van der Waals surface area contributed by atoms with E-state index in [1.807, 2.05) is 0 Å². The SMILES string of the molecule is CC(CC(F)(F)F)N1C(=O)C2(CCCC2)NC(=O)C1C. The Labute approximate surface area is 115 Å². The molecule has 2 unspecified atom stereocenters. The van der Waals surface area contributed by atoms with Gasteiger partial charge in [-0.05, 0) is 26.7 Å². The van der Waals surface area contributed by atoms with E-state index in [9.17, 15) is 22.8 Å². The Morgan fingerprint density at radius 2 is 1.90 bits per heavy atom. The summed E-state index contributed by atoms with van der Waals surface area (Å²) in [5, 5.41) is 2.73. The van der Waals surface area contributed by atoms with Crippen LogP contribution in [0.15, 0.2) is 0 Å². The normalized spacial score (nSPS) is 27.9. The molecule has 2 aliphatic rings. The standard InChI is InChI=1S/C13H19F3N2O2/c1-8(7-13(14,15)16)18-9(2)10(19)17-12(11(18)20)5-3-4-6-12/h8-9H,3-7H2,1-2H3,(H,17,19). The van der Waals surface area contributed by atoms with Crippen LogP contribution < -0.4 is 5.32 Å². The summed E-state index contributed by atoms with van der Waals surface area (Å²) >= 11 is 0. The van der Waals surface area contributed by atoms with Gasteiger partial charge in [0.15, 0.2) is 0 Å². The van der Waals surface area contributed by atoms with Gasteiger partial charge in [-0.25, -0.2) is 0 Å². The molecule has 1 spiro atoms. The molecule has 2 atom stereocenters. The lowest BCUT2D eigenvalue weighted by molar-refractivity contribution is -0.168. The second-order valence-electron chi connectivity index (χ2n) is 5.84. The van der Waals surface area contributed by atoms with Crippen molar-refractivity contribution < 1.29 is 22.8 Å². The monoisotopic (exact) mass is 292 g/mol. The second kappa shape index (κ2) is 4.93. The number of halogens is 3. The quantitative estimate of drug-likeness (QED) is 0.846. The number of carbonyl (C=O) groups excluding carboxylic acids is 2. The molecule has 1 saturated heterocycles. The maximum atomic E-state index is 12.6. The van der Waals surface area contributed by atoms with Crippen LogP contribution >= 0.6 is 0 Å². The van der Waals surface area contributed by atoms with Crippen LogP contribution in [0.25, 0.3) is 0 Å². The third-order valence-electron chi connectivity index (χ3n) is 4.26. The van der Waals surface area contributed by atoms with Gasteiger partial charge in [0.25, 0.3) is 0 Å². The summed E-state index contributed by atoms with van der Waals surface area (Å²) in [5.74, 6) is -0.723. The van der Waals surface area contributed by atoms with Gasteiger partial charge in [-0.15, -0.1) is 0 Å². The fourth-order valence-corrected chi connectivity index (χ4v) is 3.28. The van der Waals surface area contributed by atoms with Crippen molar-refractivity contribution in [3.05, 3.63) is 0 Å². The number of piperazine rings is 1. The van der Waals surface area contributed by atoms with Gasteiger partial charge >= 0.3 is 6.18 Å². The van der Waals surface area contributed by atoms with E-state index in [1.165, 1.54) is 13.8 Å². The molecule has 1 N–H and O–H groups in total. The topological polar surface area (TPSA) is 49.4 Å². The molecule has 0 aromatic heterocycles. The van der Waals surface area contributed by atoms with Crippen LogP contribution in [-0.2, 0) is 9.59 Å². The van der Waals surface area contributed by atoms with Crippen LogP contribution in [-0.4, -0.2) is 40.5 Å². The van der Waals surface area contributed by atoms with E-state index in [2.05, 4.69) is 5.32 Å². The van der Waals surface area contributed by atoms with Crippen molar-refractivity contribution in [3.63, 3.8) is 0 Å². The molecule has 1 heterocycles. The van der Waals surface area contributed by atoms with Gasteiger partial charge in [-0.2, -0.15) is 13.2 Å². The van der Waals surface area contributed by atoms with Gasteiger partial charge in [0.05, 0.1) is 6.42 Å². The van der Waals surface area contributed by atoms with E-state index in [4.69, 9.17) is 0 Å². The van der Waals surface area contributed by atoms with Crippen LogP contribution in [0, 0.1) is 0 Å². The molecule has 0 aromatic rings. The smallest absolute Gasteiger partial charge is 0.340 e. The predicted molar refractivity (Wildman–Crippen MR) is 65.8 cm³/mol. The average Bonchev–Trinajstić information content (AvgIpc) is 2.74. The molecule has 2 fully saturated rings. The van der Waals surface area contributed by atoms with Crippen molar-refractivity contribution in [1.82, 2.24) is 10.2 Å². The lowest BCUT2D eigenvalue weighted by Crippen LogP contribution is -2.70. The highest BCUT2D eigenvalue weighted by atomic mass is 19.4. The Kier molecular flexibility index (Phi) is 3.73. The zero-order valence-corrected chi connectivity index (χ0v) is 11.6. The number of nitrogens with one attached hydrogen (secondary N) is 1. The van der Waals surface area contributed by atoms with Crippen LogP contribution in [0.1, 0.15) is 46.0 Å². The van der Waals surface area contributed by atoms with E-state index in [0.29, 0.717) is 12.8 Å². The molecule has 114 valence electrons. The van der Waals surface area contributed by atoms with Gasteiger partial charge in [0, 0.05) is 6.04 Å². The van der Waals surface area contributed by atoms with Crippen LogP contribution in [0.5, 0.6) is 0 Å². The van der Waals surface area contributed by atoms with Crippen molar-refractivity contribution in [2.75, 3.05) is 0 Å². The van der Waals surface area contributed by atoms with E-state index < -0.39 is 30.2 Å². The molecular weight excluding hydrogens is 273 g/mol. The third-order valence-corrected chi connectivity index (χ3v) is 4.26. The van der Waals surface area contributed by atoms with E-state index >= 15 is 0 Å². The molecule has 0 radical (unpaired) electrons. The molecular formula is C13H19F3N2O2. The van der Waals surface area contributed by atoms with Crippen molar-refractivity contribution in [2.24, 2.45) is 0 Å². The summed E-state index contributed by atoms with van der Waals surface area (Å²) in [5.41, 5.74) is -0.969. The number of rotatable bonds is 2. The lowest BCUT2D eigenvalue weighted by atomic mass is 9.89. The molecule has 20 heavy (non-hydrogen) atoms. The predicted octanol–water partition coefficient (Wildman–Crippen LogP) is 1.99. The fourth-order valence-electron chi connectivity index (χ4n) is 3.28. The first-order chi connectivity index (χ1) is 9.16. The zero-order chi connectivity index (χ0) is 15.1. The van der Waals surface area contributed by atoms with Crippen molar-refractivity contribution in [3.8, 4) is 0 Å². The Morgan fingerprint density at radius 3 is 2.40 bits per heavy atom. The zero-order valence-electron chi connectivity index (χ0n) is 11.6. The first-order valence-corrected chi connectivity index (χ1v) is 6.88. The number of hydrogen-bond donors (Lipinski definition) is 1. The van der Waals surface area contributed by atoms with Gasteiger partial charge in [0.1, 0.15) is 11.6 Å². The lowest BCUT2D eigenvalue weighted by Gasteiger charge is -2.46. The van der Waals surface area contributed by atoms with Crippen LogP contribution in [0.2, 0.25) is 0 Å². The van der Waals surface area contributed by atoms with E-state index in [0.717, 1.165) is 17.7 Å². The number of carbonyl (C=O) groups is 2. The first-order valence-electron chi connectivity index (χ1n) is 6.88. The summed E-state index contributed by atoms with van der Waals surface area (Å²) in [6.45, 7) is 2.82. The van der Waals surface area contributed by atoms with Gasteiger partial charge < -0.3 is 10.2 Å². The second-order valence-corrected chi connectivity index (χ2v) is 5.84. The number of hydrogen-bond acceptors (Lipinski definition) is 2. The fraction of sp³-hybridized carbons (Fsp3) is 0.846. The molecule has 1 aliphatic heterocycles. The maximum Gasteiger partial charge on any atom is 0.391 e. The summed E-state index contributed by atoms with van der Waals surface area (Å²) < 4.78 is 37.6. The van der Waals surface area contributed by atoms with E-state index in [-0.39, 0.29) is 11.8 Å². The molecule has 2 amide bonds. The summed E-state index contributed by atoms with van der Waals surface area (Å²) in [4.78, 5) is 25.7. The first kappa shape index (κ1) is 15.1.